The Kier molecular flexibility index (Phi) is 5.54. The van der Waals surface area contributed by atoms with Crippen LogP contribution in [-0.2, 0) is 14.3 Å². The van der Waals surface area contributed by atoms with E-state index in [1.165, 1.54) is 0 Å². The fourth-order valence-electron chi connectivity index (χ4n) is 1.48. The van der Waals surface area contributed by atoms with Crippen LogP contribution in [0.1, 0.15) is 45.4 Å². The van der Waals surface area contributed by atoms with Gasteiger partial charge in [-0.3, -0.25) is 9.59 Å². The summed E-state index contributed by atoms with van der Waals surface area (Å²) >= 11 is 0. The zero-order valence-electron chi connectivity index (χ0n) is 9.70. The highest BCUT2D eigenvalue weighted by Gasteiger charge is 2.15. The molecule has 16 heavy (non-hydrogen) atoms. The zero-order valence-corrected chi connectivity index (χ0v) is 9.70. The first-order valence-corrected chi connectivity index (χ1v) is 5.84. The van der Waals surface area contributed by atoms with Gasteiger partial charge in [-0.25, -0.2) is 0 Å². The highest BCUT2D eigenvalue weighted by atomic mass is 16.5. The summed E-state index contributed by atoms with van der Waals surface area (Å²) in [5.74, 6) is -0.238. The van der Waals surface area contributed by atoms with E-state index in [9.17, 15) is 9.59 Å². The summed E-state index contributed by atoms with van der Waals surface area (Å²) < 4.78 is 5.01. The maximum Gasteiger partial charge on any atom is 0.311 e. The summed E-state index contributed by atoms with van der Waals surface area (Å²) in [6.45, 7) is 2.12. The Morgan fingerprint density at radius 1 is 1.38 bits per heavy atom. The Labute approximate surface area is 96.2 Å². The van der Waals surface area contributed by atoms with Gasteiger partial charge in [0.2, 0.25) is 5.78 Å². The van der Waals surface area contributed by atoms with Gasteiger partial charge in [-0.15, -0.1) is 0 Å². The topological polar surface area (TPSA) is 43.4 Å². The van der Waals surface area contributed by atoms with Crippen LogP contribution >= 0.6 is 0 Å². The molecule has 0 heterocycles. The van der Waals surface area contributed by atoms with Crippen LogP contribution in [-0.4, -0.2) is 11.8 Å². The van der Waals surface area contributed by atoms with Gasteiger partial charge in [-0.2, -0.15) is 0 Å². The number of hydrogen-bond acceptors (Lipinski definition) is 3. The summed E-state index contributed by atoms with van der Waals surface area (Å²) in [6.07, 6.45) is 9.92. The van der Waals surface area contributed by atoms with E-state index < -0.39 is 0 Å². The molecule has 0 saturated heterocycles. The lowest BCUT2D eigenvalue weighted by Gasteiger charge is -2.08. The van der Waals surface area contributed by atoms with Crippen molar-refractivity contribution in [2.24, 2.45) is 0 Å². The Hall–Kier alpha value is -1.38. The normalized spacial score (nSPS) is 14.8. The Bertz CT molecular complexity index is 313. The maximum absolute atomic E-state index is 11.4. The number of carbonyl (C=O) groups is 2. The first kappa shape index (κ1) is 12.7. The van der Waals surface area contributed by atoms with Gasteiger partial charge in [0, 0.05) is 12.8 Å². The number of Topliss-reactive ketones (excluding diaryl/α,β-unsaturated/α-hetero) is 1. The predicted molar refractivity (Wildman–Crippen MR) is 61.7 cm³/mol. The molecule has 1 aliphatic carbocycles. The van der Waals surface area contributed by atoms with Crippen molar-refractivity contribution in [3.8, 4) is 0 Å². The molecule has 0 saturated carbocycles. The number of unbranched alkanes of at least 4 members (excludes halogenated alkanes) is 3. The Morgan fingerprint density at radius 3 is 2.88 bits per heavy atom. The van der Waals surface area contributed by atoms with Gasteiger partial charge >= 0.3 is 5.97 Å². The van der Waals surface area contributed by atoms with E-state index in [0.29, 0.717) is 12.8 Å². The molecule has 0 N–H and O–H groups in total. The minimum absolute atomic E-state index is 0.121. The van der Waals surface area contributed by atoms with Crippen molar-refractivity contribution in [2.45, 2.75) is 45.4 Å². The van der Waals surface area contributed by atoms with Gasteiger partial charge in [0.15, 0.2) is 5.76 Å². The van der Waals surface area contributed by atoms with Crippen LogP contribution in [0, 0.1) is 0 Å². The van der Waals surface area contributed by atoms with Crippen LogP contribution in [0.15, 0.2) is 24.0 Å². The second-order valence-electron chi connectivity index (χ2n) is 3.87. The van der Waals surface area contributed by atoms with Crippen LogP contribution in [0.4, 0.5) is 0 Å². The molecule has 0 aromatic heterocycles. The molecule has 0 aromatic rings. The van der Waals surface area contributed by atoms with Crippen molar-refractivity contribution >= 4 is 11.8 Å². The van der Waals surface area contributed by atoms with E-state index in [-0.39, 0.29) is 17.5 Å². The molecular weight excluding hydrogens is 204 g/mol. The SMILES string of the molecule is CCCCCCC(=O)OC1=CC=CCC1=O. The second-order valence-corrected chi connectivity index (χ2v) is 3.87. The second kappa shape index (κ2) is 6.99. The van der Waals surface area contributed by atoms with Crippen molar-refractivity contribution < 1.29 is 14.3 Å². The van der Waals surface area contributed by atoms with Crippen LogP contribution in [0.3, 0.4) is 0 Å². The average molecular weight is 222 g/mol. The van der Waals surface area contributed by atoms with Gasteiger partial charge in [-0.1, -0.05) is 38.3 Å². The number of ketones is 1. The molecule has 0 radical (unpaired) electrons. The molecule has 0 amide bonds. The maximum atomic E-state index is 11.4. The lowest BCUT2D eigenvalue weighted by atomic mass is 10.1. The fourth-order valence-corrected chi connectivity index (χ4v) is 1.48. The molecular formula is C13H18O3. The fraction of sp³-hybridized carbons (Fsp3) is 0.538. The van der Waals surface area contributed by atoms with Crippen LogP contribution < -0.4 is 0 Å². The highest BCUT2D eigenvalue weighted by Crippen LogP contribution is 2.11. The lowest BCUT2D eigenvalue weighted by Crippen LogP contribution is -2.12. The lowest BCUT2D eigenvalue weighted by molar-refractivity contribution is -0.142. The van der Waals surface area contributed by atoms with E-state index in [2.05, 4.69) is 6.92 Å². The smallest absolute Gasteiger partial charge is 0.311 e. The number of carbonyl (C=O) groups excluding carboxylic acids is 2. The number of hydrogen-bond donors (Lipinski definition) is 0. The van der Waals surface area contributed by atoms with Crippen molar-refractivity contribution in [2.75, 3.05) is 0 Å². The molecule has 0 fully saturated rings. The molecule has 0 bridgehead atoms. The molecule has 3 heteroatoms. The van der Waals surface area contributed by atoms with Crippen molar-refractivity contribution in [3.05, 3.63) is 24.0 Å². The van der Waals surface area contributed by atoms with Gasteiger partial charge < -0.3 is 4.74 Å². The van der Waals surface area contributed by atoms with E-state index in [0.717, 1.165) is 25.7 Å². The summed E-state index contributed by atoms with van der Waals surface area (Å²) in [6, 6.07) is 0. The Morgan fingerprint density at radius 2 is 2.19 bits per heavy atom. The van der Waals surface area contributed by atoms with Crippen molar-refractivity contribution in [3.63, 3.8) is 0 Å². The molecule has 0 aliphatic heterocycles. The number of allylic oxidation sites excluding steroid dienone is 4. The number of rotatable bonds is 6. The molecule has 0 spiro atoms. The molecule has 0 aromatic carbocycles. The third-order valence-electron chi connectivity index (χ3n) is 2.42. The number of ether oxygens (including phenoxy) is 1. The third kappa shape index (κ3) is 4.43. The minimum atomic E-state index is -0.300. The highest BCUT2D eigenvalue weighted by molar-refractivity contribution is 5.97. The van der Waals surface area contributed by atoms with Crippen LogP contribution in [0.2, 0.25) is 0 Å². The monoisotopic (exact) mass is 222 g/mol. The molecule has 1 rings (SSSR count). The summed E-state index contributed by atoms with van der Waals surface area (Å²) in [5, 5.41) is 0. The van der Waals surface area contributed by atoms with Crippen molar-refractivity contribution in [1.29, 1.82) is 0 Å². The first-order chi connectivity index (χ1) is 7.74. The quantitative estimate of drug-likeness (QED) is 0.512. The summed E-state index contributed by atoms with van der Waals surface area (Å²) in [4.78, 5) is 22.7. The standard InChI is InChI=1S/C13H18O3/c1-2-3-4-5-10-13(15)16-12-9-7-6-8-11(12)14/h6-7,9H,2-5,8,10H2,1H3. The first-order valence-electron chi connectivity index (χ1n) is 5.84. The average Bonchev–Trinajstić information content (AvgIpc) is 2.28. The Balaban J connectivity index is 2.26. The van der Waals surface area contributed by atoms with E-state index in [1.807, 2.05) is 0 Å². The van der Waals surface area contributed by atoms with E-state index >= 15 is 0 Å². The summed E-state index contributed by atoms with van der Waals surface area (Å²) in [5.41, 5.74) is 0. The zero-order chi connectivity index (χ0) is 11.8. The van der Waals surface area contributed by atoms with Gasteiger partial charge in [0.05, 0.1) is 0 Å². The third-order valence-corrected chi connectivity index (χ3v) is 2.42. The largest absolute Gasteiger partial charge is 0.423 e. The summed E-state index contributed by atoms with van der Waals surface area (Å²) in [7, 11) is 0. The van der Waals surface area contributed by atoms with E-state index in [1.54, 1.807) is 18.2 Å². The number of esters is 1. The molecule has 3 nitrogen and oxygen atoms in total. The molecule has 1 aliphatic rings. The van der Waals surface area contributed by atoms with Gasteiger partial charge in [0.25, 0.3) is 0 Å². The van der Waals surface area contributed by atoms with Crippen LogP contribution in [0.5, 0.6) is 0 Å². The van der Waals surface area contributed by atoms with E-state index in [4.69, 9.17) is 4.74 Å². The predicted octanol–water partition coefficient (Wildman–Crippen LogP) is 2.91. The molecule has 88 valence electrons. The molecule has 0 atom stereocenters. The molecule has 0 unspecified atom stereocenters. The minimum Gasteiger partial charge on any atom is -0.423 e. The van der Waals surface area contributed by atoms with Gasteiger partial charge in [0.1, 0.15) is 0 Å². The van der Waals surface area contributed by atoms with Crippen molar-refractivity contribution in [1.82, 2.24) is 0 Å². The van der Waals surface area contributed by atoms with Crippen LogP contribution in [0.25, 0.3) is 0 Å². The van der Waals surface area contributed by atoms with Gasteiger partial charge in [-0.05, 0) is 12.5 Å².